The van der Waals surface area contributed by atoms with Gasteiger partial charge < -0.3 is 19.9 Å². The molecule has 5 atom stereocenters. The predicted molar refractivity (Wildman–Crippen MR) is 117 cm³/mol. The number of carbonyl (C=O) groups excluding carboxylic acids is 2. The van der Waals surface area contributed by atoms with Crippen molar-refractivity contribution >= 4 is 11.9 Å². The fourth-order valence-electron chi connectivity index (χ4n) is 4.49. The number of methoxy groups -OCH3 is 1. The minimum Gasteiger partial charge on any atom is -0.468 e. The van der Waals surface area contributed by atoms with Crippen molar-refractivity contribution in [3.63, 3.8) is 0 Å². The summed E-state index contributed by atoms with van der Waals surface area (Å²) in [5.74, 6) is 1.01. The Morgan fingerprint density at radius 3 is 2.87 bits per heavy atom. The Hall–Kier alpha value is -1.66. The van der Waals surface area contributed by atoms with Crippen LogP contribution in [0, 0.1) is 17.8 Å². The molecule has 170 valence electrons. The van der Waals surface area contributed by atoms with Gasteiger partial charge in [-0.05, 0) is 43.9 Å². The Kier molecular flexibility index (Phi) is 11.2. The molecule has 1 aliphatic carbocycles. The minimum atomic E-state index is -0.435. The standard InChI is InChI=1S/C24H39NO5/c1-3-4-7-10-19(26)13-14-21-20(18-15-22(21)30-17-18)11-8-5-6-9-12-23(27)25-16-24(28)29-2/h5,8,13-14,18-22,26H,3-4,6-7,9-12,15-17H2,1-2H3,(H,25,27)/b8-5-,14-13+/t18-,19+,20+,21-,22+/m1/s1. The molecule has 6 heteroatoms. The Morgan fingerprint density at radius 1 is 1.27 bits per heavy atom. The van der Waals surface area contributed by atoms with Gasteiger partial charge in [0.2, 0.25) is 5.91 Å². The molecular weight excluding hydrogens is 382 g/mol. The SMILES string of the molecule is CCCCC[C@H](O)/C=C/[C@@H]1[C@@H](C/C=C\CCCC(=O)NCC(=O)OC)[C@H]2CO[C@H]1C2. The van der Waals surface area contributed by atoms with Gasteiger partial charge in [-0.25, -0.2) is 0 Å². The third-order valence-electron chi connectivity index (χ3n) is 6.25. The maximum absolute atomic E-state index is 11.7. The van der Waals surface area contributed by atoms with Crippen LogP contribution in [-0.2, 0) is 19.1 Å². The second-order valence-corrected chi connectivity index (χ2v) is 8.51. The van der Waals surface area contributed by atoms with Crippen molar-refractivity contribution in [2.45, 2.75) is 76.9 Å². The highest BCUT2D eigenvalue weighted by molar-refractivity contribution is 5.81. The van der Waals surface area contributed by atoms with Crippen LogP contribution in [0.4, 0.5) is 0 Å². The highest BCUT2D eigenvalue weighted by Crippen LogP contribution is 2.47. The Morgan fingerprint density at radius 2 is 2.10 bits per heavy atom. The molecule has 1 aliphatic heterocycles. The van der Waals surface area contributed by atoms with Crippen molar-refractivity contribution in [3.8, 4) is 0 Å². The van der Waals surface area contributed by atoms with Gasteiger partial charge in [-0.3, -0.25) is 9.59 Å². The number of amides is 1. The zero-order valence-electron chi connectivity index (χ0n) is 18.6. The number of aliphatic hydroxyl groups is 1. The van der Waals surface area contributed by atoms with Crippen LogP contribution in [-0.4, -0.2) is 49.5 Å². The molecule has 6 nitrogen and oxygen atoms in total. The molecule has 2 bridgehead atoms. The van der Waals surface area contributed by atoms with E-state index in [-0.39, 0.29) is 18.6 Å². The molecule has 2 rings (SSSR count). The summed E-state index contributed by atoms with van der Waals surface area (Å²) in [5, 5.41) is 12.7. The highest BCUT2D eigenvalue weighted by Gasteiger charge is 2.46. The molecule has 1 amide bonds. The number of hydrogen-bond acceptors (Lipinski definition) is 5. The van der Waals surface area contributed by atoms with Crippen LogP contribution in [0.25, 0.3) is 0 Å². The number of hydrogen-bond donors (Lipinski definition) is 2. The van der Waals surface area contributed by atoms with Crippen molar-refractivity contribution in [2.75, 3.05) is 20.3 Å². The molecule has 0 aromatic heterocycles. The predicted octanol–water partition coefficient (Wildman–Crippen LogP) is 3.54. The van der Waals surface area contributed by atoms with Crippen molar-refractivity contribution in [1.29, 1.82) is 0 Å². The van der Waals surface area contributed by atoms with Gasteiger partial charge in [-0.2, -0.15) is 0 Å². The number of unbranched alkanes of at least 4 members (excludes halogenated alkanes) is 3. The third-order valence-corrected chi connectivity index (χ3v) is 6.25. The number of esters is 1. The summed E-state index contributed by atoms with van der Waals surface area (Å²) in [6.07, 6.45) is 16.9. The Labute approximate surface area is 181 Å². The lowest BCUT2D eigenvalue weighted by atomic mass is 9.84. The Bertz CT molecular complexity index is 588. The van der Waals surface area contributed by atoms with Gasteiger partial charge in [0.15, 0.2) is 0 Å². The number of allylic oxidation sites excluding steroid dienone is 2. The average Bonchev–Trinajstić information content (AvgIpc) is 3.35. The summed E-state index contributed by atoms with van der Waals surface area (Å²) < 4.78 is 10.4. The fourth-order valence-corrected chi connectivity index (χ4v) is 4.49. The van der Waals surface area contributed by atoms with Crippen molar-refractivity contribution in [2.24, 2.45) is 17.8 Å². The smallest absolute Gasteiger partial charge is 0.325 e. The summed E-state index contributed by atoms with van der Waals surface area (Å²) in [7, 11) is 1.30. The first-order chi connectivity index (χ1) is 14.5. The molecule has 0 aromatic carbocycles. The molecule has 1 heterocycles. The van der Waals surface area contributed by atoms with E-state index < -0.39 is 5.97 Å². The molecule has 2 aliphatic rings. The van der Waals surface area contributed by atoms with E-state index in [1.807, 2.05) is 6.08 Å². The third kappa shape index (κ3) is 8.23. The molecule has 1 saturated heterocycles. The van der Waals surface area contributed by atoms with E-state index in [1.165, 1.54) is 20.0 Å². The van der Waals surface area contributed by atoms with E-state index in [0.29, 0.717) is 30.3 Å². The van der Waals surface area contributed by atoms with E-state index in [2.05, 4.69) is 35.2 Å². The monoisotopic (exact) mass is 421 g/mol. The summed E-state index contributed by atoms with van der Waals surface area (Å²) in [6.45, 7) is 2.96. The van der Waals surface area contributed by atoms with E-state index >= 15 is 0 Å². The van der Waals surface area contributed by atoms with Gasteiger partial charge in [0.25, 0.3) is 0 Å². The van der Waals surface area contributed by atoms with Crippen molar-refractivity contribution in [3.05, 3.63) is 24.3 Å². The summed E-state index contributed by atoms with van der Waals surface area (Å²) in [6, 6.07) is 0. The molecule has 2 fully saturated rings. The molecular formula is C24H39NO5. The van der Waals surface area contributed by atoms with E-state index in [0.717, 1.165) is 45.1 Å². The number of nitrogens with one attached hydrogen (secondary N) is 1. The lowest BCUT2D eigenvalue weighted by Gasteiger charge is -2.28. The summed E-state index contributed by atoms with van der Waals surface area (Å²) in [4.78, 5) is 22.7. The number of ether oxygens (including phenoxy) is 2. The largest absolute Gasteiger partial charge is 0.468 e. The molecule has 2 N–H and O–H groups in total. The minimum absolute atomic E-state index is 0.0698. The number of aliphatic hydroxyl groups excluding tert-OH is 1. The second-order valence-electron chi connectivity index (χ2n) is 8.51. The van der Waals surface area contributed by atoms with Crippen LogP contribution >= 0.6 is 0 Å². The molecule has 0 spiro atoms. The van der Waals surface area contributed by atoms with Gasteiger partial charge in [0.05, 0.1) is 25.9 Å². The van der Waals surface area contributed by atoms with Crippen LogP contribution in [0.15, 0.2) is 24.3 Å². The summed E-state index contributed by atoms with van der Waals surface area (Å²) in [5.41, 5.74) is 0. The number of rotatable bonds is 14. The van der Waals surface area contributed by atoms with Crippen molar-refractivity contribution < 1.29 is 24.2 Å². The number of fused-ring (bicyclic) bond motifs is 2. The zero-order valence-corrected chi connectivity index (χ0v) is 18.6. The molecule has 30 heavy (non-hydrogen) atoms. The lowest BCUT2D eigenvalue weighted by molar-refractivity contribution is -0.141. The zero-order chi connectivity index (χ0) is 21.8. The van der Waals surface area contributed by atoms with E-state index in [9.17, 15) is 14.7 Å². The first kappa shape index (κ1) is 24.6. The van der Waals surface area contributed by atoms with Gasteiger partial charge in [0.1, 0.15) is 6.54 Å². The van der Waals surface area contributed by atoms with Gasteiger partial charge in [0, 0.05) is 12.3 Å². The molecule has 1 saturated carbocycles. The maximum Gasteiger partial charge on any atom is 0.325 e. The normalized spacial score (nSPS) is 26.5. The first-order valence-electron chi connectivity index (χ1n) is 11.5. The Balaban J connectivity index is 1.68. The van der Waals surface area contributed by atoms with E-state index in [4.69, 9.17) is 4.74 Å². The van der Waals surface area contributed by atoms with Crippen LogP contribution in [0.2, 0.25) is 0 Å². The van der Waals surface area contributed by atoms with Gasteiger partial charge in [-0.1, -0.05) is 50.5 Å². The highest BCUT2D eigenvalue weighted by atomic mass is 16.5. The molecule has 0 radical (unpaired) electrons. The van der Waals surface area contributed by atoms with Crippen LogP contribution in [0.5, 0.6) is 0 Å². The lowest BCUT2D eigenvalue weighted by Crippen LogP contribution is -2.29. The first-order valence-corrected chi connectivity index (χ1v) is 11.5. The van der Waals surface area contributed by atoms with Gasteiger partial charge in [-0.15, -0.1) is 0 Å². The average molecular weight is 422 g/mol. The quantitative estimate of drug-likeness (QED) is 0.255. The van der Waals surface area contributed by atoms with Crippen LogP contribution in [0.3, 0.4) is 0 Å². The summed E-state index contributed by atoms with van der Waals surface area (Å²) >= 11 is 0. The van der Waals surface area contributed by atoms with E-state index in [1.54, 1.807) is 0 Å². The van der Waals surface area contributed by atoms with Crippen LogP contribution in [0.1, 0.15) is 64.7 Å². The second kappa shape index (κ2) is 13.6. The van der Waals surface area contributed by atoms with Crippen LogP contribution < -0.4 is 5.32 Å². The topological polar surface area (TPSA) is 84.9 Å². The maximum atomic E-state index is 11.7. The van der Waals surface area contributed by atoms with Crippen molar-refractivity contribution in [1.82, 2.24) is 5.32 Å². The molecule has 0 unspecified atom stereocenters. The number of carbonyl (C=O) groups is 2. The fraction of sp³-hybridized carbons (Fsp3) is 0.750. The molecule has 0 aromatic rings. The van der Waals surface area contributed by atoms with Gasteiger partial charge >= 0.3 is 5.97 Å².